The van der Waals surface area contributed by atoms with Crippen LogP contribution in [0.25, 0.3) is 11.0 Å². The average Bonchev–Trinajstić information content (AvgIpc) is 3.16. The molecule has 1 N–H and O–H groups in total. The molecule has 198 valence electrons. The predicted octanol–water partition coefficient (Wildman–Crippen LogP) is 5.40. The van der Waals surface area contributed by atoms with Crippen LogP contribution in [0.15, 0.2) is 51.3 Å². The monoisotopic (exact) mass is 549 g/mol. The Labute approximate surface area is 217 Å². The first-order valence-corrected chi connectivity index (χ1v) is 11.6. The van der Waals surface area contributed by atoms with E-state index < -0.39 is 40.5 Å². The smallest absolute Gasteiger partial charge is 0.417 e. The molecule has 5 rings (SSSR count). The van der Waals surface area contributed by atoms with E-state index in [9.17, 15) is 27.6 Å². The fourth-order valence-corrected chi connectivity index (χ4v) is 5.14. The summed E-state index contributed by atoms with van der Waals surface area (Å²) < 4.78 is 61.5. The second-order valence-corrected chi connectivity index (χ2v) is 9.30. The second kappa shape index (κ2) is 8.80. The van der Waals surface area contributed by atoms with Crippen molar-refractivity contribution in [2.75, 3.05) is 19.5 Å². The van der Waals surface area contributed by atoms with Gasteiger partial charge in [0.05, 0.1) is 19.8 Å². The predicted molar refractivity (Wildman–Crippen MR) is 130 cm³/mol. The standard InChI is InChI=1S/C26H19ClF3NO7/c1-11-6-13(31-12-4-5-14-15(26(28,29)30)9-20(33)37-16(14)7-12)8-19(32)25(11)24(34)21-17(35-2)10-18(36-3)22(27)23(21)38-25/h4-5,7-11,31H,6H2,1-3H3. The van der Waals surface area contributed by atoms with E-state index in [0.29, 0.717) is 11.8 Å². The number of ketones is 2. The maximum Gasteiger partial charge on any atom is 0.417 e. The zero-order valence-corrected chi connectivity index (χ0v) is 20.9. The molecule has 1 aliphatic carbocycles. The van der Waals surface area contributed by atoms with E-state index >= 15 is 0 Å². The fraction of sp³-hybridized carbons (Fsp3) is 0.269. The van der Waals surface area contributed by atoms with Crippen LogP contribution >= 0.6 is 11.6 Å². The van der Waals surface area contributed by atoms with Gasteiger partial charge in [-0.3, -0.25) is 9.59 Å². The number of hydrogen-bond acceptors (Lipinski definition) is 8. The third-order valence-corrected chi connectivity index (χ3v) is 7.02. The molecule has 12 heteroatoms. The van der Waals surface area contributed by atoms with Crippen molar-refractivity contribution in [2.24, 2.45) is 5.92 Å². The number of rotatable bonds is 4. The SMILES string of the molecule is COc1cc(OC)c2c(c1Cl)OC1(C(=O)C=C(Nc3ccc4c(C(F)(F)F)cc(=O)oc4c3)CC1C)C2=O. The highest BCUT2D eigenvalue weighted by Gasteiger charge is 2.60. The summed E-state index contributed by atoms with van der Waals surface area (Å²) in [6, 6.07) is 5.59. The van der Waals surface area contributed by atoms with Crippen LogP contribution < -0.4 is 25.2 Å². The zero-order valence-electron chi connectivity index (χ0n) is 20.1. The number of fused-ring (bicyclic) bond motifs is 2. The summed E-state index contributed by atoms with van der Waals surface area (Å²) in [5.74, 6) is -1.59. The molecule has 0 fully saturated rings. The second-order valence-electron chi connectivity index (χ2n) is 8.92. The minimum absolute atomic E-state index is 0.0112. The van der Waals surface area contributed by atoms with Crippen molar-refractivity contribution in [3.63, 3.8) is 0 Å². The molecule has 1 spiro atoms. The highest BCUT2D eigenvalue weighted by Crippen LogP contribution is 2.53. The highest BCUT2D eigenvalue weighted by atomic mass is 35.5. The molecule has 1 aliphatic heterocycles. The lowest BCUT2D eigenvalue weighted by Crippen LogP contribution is -2.55. The Kier molecular flexibility index (Phi) is 5.94. The molecule has 3 aromatic rings. The maximum atomic E-state index is 13.6. The molecular weight excluding hydrogens is 531 g/mol. The molecule has 0 bridgehead atoms. The number of ether oxygens (including phenoxy) is 3. The van der Waals surface area contributed by atoms with Crippen LogP contribution in [0, 0.1) is 5.92 Å². The van der Waals surface area contributed by atoms with Crippen LogP contribution in [-0.2, 0) is 11.0 Å². The summed E-state index contributed by atoms with van der Waals surface area (Å²) >= 11 is 6.38. The van der Waals surface area contributed by atoms with Gasteiger partial charge in [0, 0.05) is 47.0 Å². The Balaban J connectivity index is 1.49. The largest absolute Gasteiger partial charge is 0.496 e. The molecule has 2 aliphatic rings. The van der Waals surface area contributed by atoms with Gasteiger partial charge in [0.15, 0.2) is 5.75 Å². The van der Waals surface area contributed by atoms with Crippen molar-refractivity contribution in [3.8, 4) is 17.2 Å². The number of Topliss-reactive ketones (excluding diaryl/α,β-unsaturated/α-hetero) is 1. The number of carbonyl (C=O) groups is 2. The van der Waals surface area contributed by atoms with E-state index in [2.05, 4.69) is 5.32 Å². The minimum atomic E-state index is -4.74. The zero-order chi connectivity index (χ0) is 27.6. The lowest BCUT2D eigenvalue weighted by molar-refractivity contribution is -0.136. The quantitative estimate of drug-likeness (QED) is 0.341. The third-order valence-electron chi connectivity index (χ3n) is 6.66. The minimum Gasteiger partial charge on any atom is -0.496 e. The number of anilines is 1. The van der Waals surface area contributed by atoms with Crippen LogP contribution in [0.4, 0.5) is 18.9 Å². The summed E-state index contributed by atoms with van der Waals surface area (Å²) in [5, 5.41) is 2.71. The summed E-state index contributed by atoms with van der Waals surface area (Å²) in [7, 11) is 2.75. The van der Waals surface area contributed by atoms with Crippen molar-refractivity contribution >= 4 is 39.8 Å². The van der Waals surface area contributed by atoms with E-state index in [1.165, 1.54) is 44.6 Å². The van der Waals surface area contributed by atoms with Crippen LogP contribution in [0.3, 0.4) is 0 Å². The Morgan fingerprint density at radius 1 is 1.08 bits per heavy atom. The van der Waals surface area contributed by atoms with E-state index in [4.69, 9.17) is 30.2 Å². The number of methoxy groups -OCH3 is 2. The Morgan fingerprint density at radius 2 is 1.79 bits per heavy atom. The van der Waals surface area contributed by atoms with E-state index in [1.807, 2.05) is 0 Å². The van der Waals surface area contributed by atoms with Gasteiger partial charge < -0.3 is 23.9 Å². The molecule has 2 atom stereocenters. The summed E-state index contributed by atoms with van der Waals surface area (Å²) in [5.41, 5.74) is -3.72. The van der Waals surface area contributed by atoms with Crippen molar-refractivity contribution < 1.29 is 41.4 Å². The average molecular weight is 550 g/mol. The number of alkyl halides is 3. The van der Waals surface area contributed by atoms with Crippen molar-refractivity contribution in [1.82, 2.24) is 0 Å². The summed E-state index contributed by atoms with van der Waals surface area (Å²) in [6.07, 6.45) is -3.38. The van der Waals surface area contributed by atoms with E-state index in [0.717, 1.165) is 0 Å². The van der Waals surface area contributed by atoms with Gasteiger partial charge in [-0.25, -0.2) is 4.79 Å². The van der Waals surface area contributed by atoms with E-state index in [1.54, 1.807) is 6.92 Å². The molecule has 0 radical (unpaired) electrons. The van der Waals surface area contributed by atoms with Gasteiger partial charge in [-0.1, -0.05) is 18.5 Å². The van der Waals surface area contributed by atoms with E-state index in [-0.39, 0.29) is 50.9 Å². The molecular formula is C26H19ClF3NO7. The highest BCUT2D eigenvalue weighted by molar-refractivity contribution is 6.36. The first-order chi connectivity index (χ1) is 17.9. The fourth-order valence-electron chi connectivity index (χ4n) is 4.88. The van der Waals surface area contributed by atoms with Gasteiger partial charge in [-0.2, -0.15) is 13.2 Å². The number of benzene rings is 2. The molecule has 0 saturated carbocycles. The molecule has 2 unspecified atom stereocenters. The van der Waals surface area contributed by atoms with Crippen LogP contribution in [0.5, 0.6) is 17.2 Å². The first-order valence-electron chi connectivity index (χ1n) is 11.3. The lowest BCUT2D eigenvalue weighted by Gasteiger charge is -2.35. The normalized spacial score (nSPS) is 20.8. The Bertz CT molecular complexity index is 1610. The number of nitrogens with one attached hydrogen (secondary N) is 1. The lowest BCUT2D eigenvalue weighted by atomic mass is 9.74. The van der Waals surface area contributed by atoms with Gasteiger partial charge in [0.25, 0.3) is 0 Å². The van der Waals surface area contributed by atoms with Crippen LogP contribution in [0.2, 0.25) is 5.02 Å². The first kappa shape index (κ1) is 25.7. The summed E-state index contributed by atoms with van der Waals surface area (Å²) in [4.78, 5) is 38.7. The number of allylic oxidation sites excluding steroid dienone is 1. The molecule has 2 aromatic carbocycles. The molecule has 2 heterocycles. The molecule has 38 heavy (non-hydrogen) atoms. The summed E-state index contributed by atoms with van der Waals surface area (Å²) in [6.45, 7) is 1.66. The Hall–Kier alpha value is -3.99. The third kappa shape index (κ3) is 3.80. The number of hydrogen-bond donors (Lipinski definition) is 1. The molecule has 8 nitrogen and oxygen atoms in total. The van der Waals surface area contributed by atoms with Crippen molar-refractivity contribution in [3.05, 3.63) is 68.7 Å². The number of carbonyl (C=O) groups excluding carboxylic acids is 2. The van der Waals surface area contributed by atoms with Crippen molar-refractivity contribution in [2.45, 2.75) is 25.1 Å². The topological polar surface area (TPSA) is 104 Å². The van der Waals surface area contributed by atoms with Gasteiger partial charge >= 0.3 is 11.8 Å². The molecule has 0 saturated heterocycles. The van der Waals surface area contributed by atoms with Crippen LogP contribution in [-0.4, -0.2) is 31.4 Å². The molecule has 1 aromatic heterocycles. The molecule has 0 amide bonds. The van der Waals surface area contributed by atoms with Gasteiger partial charge in [-0.15, -0.1) is 0 Å². The van der Waals surface area contributed by atoms with Gasteiger partial charge in [0.1, 0.15) is 27.7 Å². The maximum absolute atomic E-state index is 13.6. The number of halogens is 4. The van der Waals surface area contributed by atoms with Crippen LogP contribution in [0.1, 0.15) is 29.3 Å². The van der Waals surface area contributed by atoms with Gasteiger partial charge in [-0.05, 0) is 18.6 Å². The van der Waals surface area contributed by atoms with Crippen molar-refractivity contribution in [1.29, 1.82) is 0 Å². The Morgan fingerprint density at radius 3 is 2.42 bits per heavy atom. The van der Waals surface area contributed by atoms with Gasteiger partial charge in [0.2, 0.25) is 17.2 Å².